The molecule has 0 saturated carbocycles. The molecule has 16 nitrogen and oxygen atoms in total. The third-order valence-electron chi connectivity index (χ3n) is 7.66. The van der Waals surface area contributed by atoms with Crippen LogP contribution in [0.3, 0.4) is 0 Å². The Morgan fingerprint density at radius 3 is 1.98 bits per heavy atom. The minimum atomic E-state index is -1.02. The molecule has 0 spiro atoms. The number of esters is 1. The van der Waals surface area contributed by atoms with E-state index in [1.807, 2.05) is 41.5 Å². The Kier molecular flexibility index (Phi) is 13.4. The second kappa shape index (κ2) is 16.8. The van der Waals surface area contributed by atoms with Crippen LogP contribution < -0.4 is 0 Å². The van der Waals surface area contributed by atoms with Gasteiger partial charge < -0.3 is 29.1 Å². The Morgan fingerprint density at radius 2 is 1.44 bits per heavy atom. The number of carbonyl (C=O) groups is 4. The molecule has 1 N–H and O–H groups in total. The van der Waals surface area contributed by atoms with E-state index in [0.717, 1.165) is 32.7 Å². The van der Waals surface area contributed by atoms with E-state index in [-0.39, 0.29) is 29.9 Å². The van der Waals surface area contributed by atoms with Crippen LogP contribution in [-0.4, -0.2) is 152 Å². The molecule has 48 heavy (non-hydrogen) atoms. The van der Waals surface area contributed by atoms with Crippen molar-refractivity contribution in [3.05, 3.63) is 35.9 Å². The maximum Gasteiger partial charge on any atom is 0.410 e. The van der Waals surface area contributed by atoms with E-state index < -0.39 is 17.2 Å². The van der Waals surface area contributed by atoms with Crippen LogP contribution in [0.25, 0.3) is 0 Å². The molecule has 2 saturated heterocycles. The van der Waals surface area contributed by atoms with E-state index in [0.29, 0.717) is 45.0 Å². The molecular formula is C32H52N8O8. The van der Waals surface area contributed by atoms with Gasteiger partial charge in [-0.2, -0.15) is 10.2 Å². The summed E-state index contributed by atoms with van der Waals surface area (Å²) in [6.07, 6.45) is 2.73. The summed E-state index contributed by atoms with van der Waals surface area (Å²) in [4.78, 5) is 54.6. The van der Waals surface area contributed by atoms with Gasteiger partial charge in [-0.05, 0) is 60.6 Å². The second-order valence-electron chi connectivity index (χ2n) is 13.8. The summed E-state index contributed by atoms with van der Waals surface area (Å²) in [5.41, 5.74) is -0.458. The molecule has 0 bridgehead atoms. The SMILES string of the molecule is CC(C)(C)OC(=O)N1CCN(CCn2ccc(C(=O)O)n2)CC1.COC(=O)c1ccnn1CCN1CCN(C(=O)OC(C)(C)C)CC1C. The quantitative estimate of drug-likeness (QED) is 0.322. The lowest BCUT2D eigenvalue weighted by molar-refractivity contribution is 0.00506. The van der Waals surface area contributed by atoms with Crippen molar-refractivity contribution >= 4 is 24.1 Å². The monoisotopic (exact) mass is 676 g/mol. The lowest BCUT2D eigenvalue weighted by atomic mass is 10.2. The number of carboxylic acids is 1. The highest BCUT2D eigenvalue weighted by Crippen LogP contribution is 2.16. The first-order valence-corrected chi connectivity index (χ1v) is 16.2. The molecule has 2 aromatic heterocycles. The zero-order valence-electron chi connectivity index (χ0n) is 29.5. The summed E-state index contributed by atoms with van der Waals surface area (Å²) in [6, 6.07) is 3.34. The predicted octanol–water partition coefficient (Wildman–Crippen LogP) is 2.74. The average Bonchev–Trinajstić information content (AvgIpc) is 3.68. The van der Waals surface area contributed by atoms with Gasteiger partial charge in [0, 0.05) is 77.3 Å². The summed E-state index contributed by atoms with van der Waals surface area (Å²) >= 11 is 0. The number of methoxy groups -OCH3 is 1. The number of hydrogen-bond donors (Lipinski definition) is 1. The van der Waals surface area contributed by atoms with Crippen LogP contribution >= 0.6 is 0 Å². The van der Waals surface area contributed by atoms with Gasteiger partial charge in [0.25, 0.3) is 0 Å². The molecule has 0 aliphatic carbocycles. The van der Waals surface area contributed by atoms with Crippen LogP contribution in [0.2, 0.25) is 0 Å². The third kappa shape index (κ3) is 12.1. The Labute approximate surface area is 282 Å². The Hall–Kier alpha value is -4.18. The number of hydrogen-bond acceptors (Lipinski definition) is 11. The van der Waals surface area contributed by atoms with Gasteiger partial charge in [0.05, 0.1) is 20.2 Å². The molecule has 4 heterocycles. The van der Waals surface area contributed by atoms with Gasteiger partial charge >= 0.3 is 24.1 Å². The van der Waals surface area contributed by atoms with E-state index >= 15 is 0 Å². The minimum absolute atomic E-state index is 0.0553. The van der Waals surface area contributed by atoms with Gasteiger partial charge in [-0.1, -0.05) is 0 Å². The molecule has 16 heteroatoms. The van der Waals surface area contributed by atoms with Crippen LogP contribution in [0.4, 0.5) is 9.59 Å². The number of aromatic nitrogens is 4. The van der Waals surface area contributed by atoms with Crippen LogP contribution in [0, 0.1) is 0 Å². The number of amides is 2. The highest BCUT2D eigenvalue weighted by molar-refractivity contribution is 5.87. The Balaban J connectivity index is 0.000000261. The van der Waals surface area contributed by atoms with Crippen molar-refractivity contribution in [3.63, 3.8) is 0 Å². The van der Waals surface area contributed by atoms with Crippen LogP contribution in [-0.2, 0) is 27.3 Å². The summed E-state index contributed by atoms with van der Waals surface area (Å²) in [5.74, 6) is -1.41. The minimum Gasteiger partial charge on any atom is -0.476 e. The van der Waals surface area contributed by atoms with Crippen molar-refractivity contribution in [2.45, 2.75) is 78.8 Å². The second-order valence-corrected chi connectivity index (χ2v) is 13.8. The molecule has 268 valence electrons. The lowest BCUT2D eigenvalue weighted by Gasteiger charge is -2.40. The van der Waals surface area contributed by atoms with Gasteiger partial charge in [0.2, 0.25) is 0 Å². The van der Waals surface area contributed by atoms with E-state index in [1.165, 1.54) is 13.2 Å². The number of piperazine rings is 2. The first-order valence-electron chi connectivity index (χ1n) is 16.2. The molecule has 2 amide bonds. The number of aromatic carboxylic acids is 1. The highest BCUT2D eigenvalue weighted by Gasteiger charge is 2.30. The lowest BCUT2D eigenvalue weighted by Crippen LogP contribution is -2.55. The molecule has 0 radical (unpaired) electrons. The van der Waals surface area contributed by atoms with Crippen LogP contribution in [0.15, 0.2) is 24.5 Å². The maximum atomic E-state index is 12.2. The predicted molar refractivity (Wildman–Crippen MR) is 176 cm³/mol. The normalized spacial score (nSPS) is 17.7. The van der Waals surface area contributed by atoms with E-state index in [9.17, 15) is 19.2 Å². The molecule has 1 unspecified atom stereocenters. The number of rotatable bonds is 8. The first kappa shape index (κ1) is 38.3. The van der Waals surface area contributed by atoms with Gasteiger partial charge in [-0.15, -0.1) is 0 Å². The van der Waals surface area contributed by atoms with E-state index in [4.69, 9.17) is 19.3 Å². The van der Waals surface area contributed by atoms with Crippen molar-refractivity contribution in [2.75, 3.05) is 66.0 Å². The molecule has 4 rings (SSSR count). The molecule has 2 fully saturated rings. The smallest absolute Gasteiger partial charge is 0.410 e. The fourth-order valence-electron chi connectivity index (χ4n) is 5.16. The number of carbonyl (C=O) groups excluding carboxylic acids is 3. The van der Waals surface area contributed by atoms with Crippen molar-refractivity contribution < 1.29 is 38.5 Å². The zero-order valence-corrected chi connectivity index (χ0v) is 29.5. The first-order chi connectivity index (χ1) is 22.5. The average molecular weight is 677 g/mol. The standard InChI is InChI=1S/C17H28N4O4.C15H24N4O4/c1-13-12-20(16(23)25-17(2,3)4)9-8-19(13)10-11-21-14(6-7-18-21)15(22)24-5;1-15(2,3)23-14(22)18-9-6-17(7-10-18)8-11-19-5-4-12(16-19)13(20)21/h6-7,13H,8-12H2,1-5H3;4-5H,6-11H2,1-3H3,(H,20,21). The highest BCUT2D eigenvalue weighted by atomic mass is 16.6. The summed E-state index contributed by atoms with van der Waals surface area (Å²) in [5, 5.41) is 17.0. The van der Waals surface area contributed by atoms with E-state index in [1.54, 1.807) is 37.6 Å². The van der Waals surface area contributed by atoms with Crippen molar-refractivity contribution in [2.24, 2.45) is 0 Å². The molecule has 2 aliphatic rings. The van der Waals surface area contributed by atoms with Gasteiger partial charge in [0.1, 0.15) is 16.9 Å². The summed E-state index contributed by atoms with van der Waals surface area (Å²) < 4.78 is 18.8. The van der Waals surface area contributed by atoms with Crippen molar-refractivity contribution in [1.29, 1.82) is 0 Å². The topological polar surface area (TPSA) is 165 Å². The Morgan fingerprint density at radius 1 is 0.833 bits per heavy atom. The summed E-state index contributed by atoms with van der Waals surface area (Å²) in [6.45, 7) is 20.8. The molecule has 2 aromatic rings. The number of nitrogens with zero attached hydrogens (tertiary/aromatic N) is 8. The van der Waals surface area contributed by atoms with Gasteiger partial charge in [-0.3, -0.25) is 19.2 Å². The molecular weight excluding hydrogens is 624 g/mol. The number of carboxylic acid groups (broad SMARTS) is 1. The fourth-order valence-corrected chi connectivity index (χ4v) is 5.16. The fraction of sp³-hybridized carbons (Fsp3) is 0.688. The van der Waals surface area contributed by atoms with Crippen molar-refractivity contribution in [1.82, 2.24) is 39.2 Å². The molecule has 2 aliphatic heterocycles. The zero-order chi connectivity index (χ0) is 35.6. The summed E-state index contributed by atoms with van der Waals surface area (Å²) in [7, 11) is 1.36. The van der Waals surface area contributed by atoms with Crippen LogP contribution in [0.5, 0.6) is 0 Å². The number of ether oxygens (including phenoxy) is 3. The van der Waals surface area contributed by atoms with Crippen molar-refractivity contribution in [3.8, 4) is 0 Å². The molecule has 1 atom stereocenters. The Bertz CT molecular complexity index is 1370. The van der Waals surface area contributed by atoms with Gasteiger partial charge in [-0.25, -0.2) is 19.2 Å². The van der Waals surface area contributed by atoms with Crippen LogP contribution in [0.1, 0.15) is 69.4 Å². The largest absolute Gasteiger partial charge is 0.476 e. The third-order valence-corrected chi connectivity index (χ3v) is 7.66. The van der Waals surface area contributed by atoms with Gasteiger partial charge in [0.15, 0.2) is 5.69 Å². The molecule has 0 aromatic carbocycles. The van der Waals surface area contributed by atoms with E-state index in [2.05, 4.69) is 26.9 Å². The maximum absolute atomic E-state index is 12.2.